The Morgan fingerprint density at radius 3 is 2.80 bits per heavy atom. The van der Waals surface area contributed by atoms with E-state index in [0.717, 1.165) is 12.1 Å². The quantitative estimate of drug-likeness (QED) is 0.847. The fourth-order valence-electron chi connectivity index (χ4n) is 1.47. The van der Waals surface area contributed by atoms with Gasteiger partial charge in [0.1, 0.15) is 18.5 Å². The molecule has 0 aliphatic carbocycles. The number of ether oxygens (including phenoxy) is 1. The third kappa shape index (κ3) is 3.38. The molecule has 0 aliphatic heterocycles. The lowest BCUT2D eigenvalue weighted by Crippen LogP contribution is -2.14. The number of aromatic nitrogens is 2. The molecule has 0 atom stereocenters. The van der Waals surface area contributed by atoms with Crippen molar-refractivity contribution in [2.75, 3.05) is 18.5 Å². The van der Waals surface area contributed by atoms with E-state index in [1.54, 1.807) is 0 Å². The Hall–Kier alpha value is -2.75. The van der Waals surface area contributed by atoms with Gasteiger partial charge in [-0.25, -0.2) is 18.7 Å². The molecular formula is C13H10F2N4O. The molecule has 0 fully saturated rings. The standard InChI is InChI=1S/C13H10F2N4O/c14-9-1-2-12(10(15)7-9)20-6-5-19-13-11(8-16)17-3-4-18-13/h1-4,7H,5-6H2,(H,18,19). The number of nitrogens with zero attached hydrogens (tertiary/aromatic N) is 3. The average molecular weight is 276 g/mol. The lowest BCUT2D eigenvalue weighted by molar-refractivity contribution is 0.314. The number of hydrogen-bond acceptors (Lipinski definition) is 5. The molecular weight excluding hydrogens is 266 g/mol. The summed E-state index contributed by atoms with van der Waals surface area (Å²) in [6.07, 6.45) is 2.86. The Kier molecular flexibility index (Phi) is 4.39. The molecule has 0 saturated heterocycles. The van der Waals surface area contributed by atoms with E-state index in [1.165, 1.54) is 18.5 Å². The molecule has 1 aromatic carbocycles. The molecule has 1 heterocycles. The van der Waals surface area contributed by atoms with Crippen LogP contribution in [-0.2, 0) is 0 Å². The predicted molar refractivity (Wildman–Crippen MR) is 67.1 cm³/mol. The van der Waals surface area contributed by atoms with E-state index in [1.807, 2.05) is 6.07 Å². The van der Waals surface area contributed by atoms with E-state index in [9.17, 15) is 8.78 Å². The van der Waals surface area contributed by atoms with Crippen molar-refractivity contribution in [2.45, 2.75) is 0 Å². The number of anilines is 1. The van der Waals surface area contributed by atoms with E-state index >= 15 is 0 Å². The molecule has 7 heteroatoms. The van der Waals surface area contributed by atoms with Gasteiger partial charge in [-0.05, 0) is 12.1 Å². The minimum atomic E-state index is -0.762. The maximum absolute atomic E-state index is 13.3. The molecule has 2 rings (SSSR count). The molecule has 0 saturated carbocycles. The second-order valence-corrected chi connectivity index (χ2v) is 3.72. The summed E-state index contributed by atoms with van der Waals surface area (Å²) in [6, 6.07) is 4.97. The summed E-state index contributed by atoms with van der Waals surface area (Å²) >= 11 is 0. The fraction of sp³-hybridized carbons (Fsp3) is 0.154. The van der Waals surface area contributed by atoms with Crippen molar-refractivity contribution in [3.63, 3.8) is 0 Å². The topological polar surface area (TPSA) is 70.8 Å². The molecule has 0 amide bonds. The largest absolute Gasteiger partial charge is 0.489 e. The van der Waals surface area contributed by atoms with Gasteiger partial charge in [0, 0.05) is 18.5 Å². The molecule has 0 bridgehead atoms. The van der Waals surface area contributed by atoms with Crippen molar-refractivity contribution in [3.05, 3.63) is 47.9 Å². The highest BCUT2D eigenvalue weighted by Crippen LogP contribution is 2.17. The zero-order chi connectivity index (χ0) is 14.4. The Bertz CT molecular complexity index is 643. The second-order valence-electron chi connectivity index (χ2n) is 3.72. The zero-order valence-electron chi connectivity index (χ0n) is 10.3. The summed E-state index contributed by atoms with van der Waals surface area (Å²) in [4.78, 5) is 7.78. The molecule has 0 aliphatic rings. The molecule has 0 unspecified atom stereocenters. The van der Waals surface area contributed by atoms with Gasteiger partial charge in [0.25, 0.3) is 0 Å². The number of benzene rings is 1. The average Bonchev–Trinajstić information content (AvgIpc) is 2.46. The van der Waals surface area contributed by atoms with Gasteiger partial charge in [-0.1, -0.05) is 0 Å². The van der Waals surface area contributed by atoms with Gasteiger partial charge in [0.05, 0.1) is 6.54 Å². The summed E-state index contributed by atoms with van der Waals surface area (Å²) in [5.74, 6) is -1.13. The van der Waals surface area contributed by atoms with Gasteiger partial charge >= 0.3 is 0 Å². The lowest BCUT2D eigenvalue weighted by atomic mass is 10.3. The predicted octanol–water partition coefficient (Wildman–Crippen LogP) is 2.12. The molecule has 1 N–H and O–H groups in total. The van der Waals surface area contributed by atoms with Crippen molar-refractivity contribution in [2.24, 2.45) is 0 Å². The second kappa shape index (κ2) is 6.43. The number of nitrogens with one attached hydrogen (secondary N) is 1. The van der Waals surface area contributed by atoms with Gasteiger partial charge in [0.15, 0.2) is 23.1 Å². The molecule has 0 radical (unpaired) electrons. The van der Waals surface area contributed by atoms with Gasteiger partial charge < -0.3 is 10.1 Å². The van der Waals surface area contributed by atoms with Crippen LogP contribution in [0.3, 0.4) is 0 Å². The molecule has 102 valence electrons. The summed E-state index contributed by atoms with van der Waals surface area (Å²) in [7, 11) is 0. The Morgan fingerprint density at radius 1 is 1.25 bits per heavy atom. The van der Waals surface area contributed by atoms with Crippen molar-refractivity contribution >= 4 is 5.82 Å². The van der Waals surface area contributed by atoms with Gasteiger partial charge in [-0.3, -0.25) is 0 Å². The van der Waals surface area contributed by atoms with Crippen molar-refractivity contribution in [1.82, 2.24) is 9.97 Å². The number of nitriles is 1. The first-order valence-electron chi connectivity index (χ1n) is 5.73. The first kappa shape index (κ1) is 13.7. The van der Waals surface area contributed by atoms with E-state index in [-0.39, 0.29) is 18.1 Å². The third-order valence-electron chi connectivity index (χ3n) is 2.35. The Balaban J connectivity index is 1.86. The SMILES string of the molecule is N#Cc1nccnc1NCCOc1ccc(F)cc1F. The third-order valence-corrected chi connectivity index (χ3v) is 2.35. The smallest absolute Gasteiger partial charge is 0.182 e. The van der Waals surface area contributed by atoms with E-state index in [2.05, 4.69) is 15.3 Å². The number of hydrogen-bond donors (Lipinski definition) is 1. The van der Waals surface area contributed by atoms with Crippen molar-refractivity contribution in [3.8, 4) is 11.8 Å². The molecule has 5 nitrogen and oxygen atoms in total. The highest BCUT2D eigenvalue weighted by Gasteiger charge is 2.05. The summed E-state index contributed by atoms with van der Waals surface area (Å²) in [5.41, 5.74) is 0.167. The summed E-state index contributed by atoms with van der Waals surface area (Å²) in [6.45, 7) is 0.425. The highest BCUT2D eigenvalue weighted by atomic mass is 19.1. The monoisotopic (exact) mass is 276 g/mol. The molecule has 1 aromatic heterocycles. The Labute approximate surface area is 113 Å². The van der Waals surface area contributed by atoms with Crippen molar-refractivity contribution in [1.29, 1.82) is 5.26 Å². The van der Waals surface area contributed by atoms with Crippen LogP contribution in [0.5, 0.6) is 5.75 Å². The summed E-state index contributed by atoms with van der Waals surface area (Å²) in [5, 5.41) is 11.7. The highest BCUT2D eigenvalue weighted by molar-refractivity contribution is 5.46. The minimum absolute atomic E-state index is 0.0344. The molecule has 0 spiro atoms. The van der Waals surface area contributed by atoms with Crippen LogP contribution >= 0.6 is 0 Å². The molecule has 2 aromatic rings. The van der Waals surface area contributed by atoms with E-state index in [4.69, 9.17) is 10.00 Å². The minimum Gasteiger partial charge on any atom is -0.489 e. The maximum Gasteiger partial charge on any atom is 0.182 e. The maximum atomic E-state index is 13.3. The van der Waals surface area contributed by atoms with Gasteiger partial charge in [0.2, 0.25) is 0 Å². The first-order chi connectivity index (χ1) is 9.70. The lowest BCUT2D eigenvalue weighted by Gasteiger charge is -2.09. The Morgan fingerprint density at radius 2 is 2.05 bits per heavy atom. The van der Waals surface area contributed by atoms with Gasteiger partial charge in [-0.2, -0.15) is 5.26 Å². The van der Waals surface area contributed by atoms with Gasteiger partial charge in [-0.15, -0.1) is 0 Å². The number of halogens is 2. The zero-order valence-corrected chi connectivity index (χ0v) is 10.3. The van der Waals surface area contributed by atoms with E-state index in [0.29, 0.717) is 12.4 Å². The van der Waals surface area contributed by atoms with Crippen LogP contribution in [0.2, 0.25) is 0 Å². The first-order valence-corrected chi connectivity index (χ1v) is 5.73. The van der Waals surface area contributed by atoms with Crippen LogP contribution in [0, 0.1) is 23.0 Å². The van der Waals surface area contributed by atoms with Crippen molar-refractivity contribution < 1.29 is 13.5 Å². The van der Waals surface area contributed by atoms with Crippen LogP contribution in [0.1, 0.15) is 5.69 Å². The molecule has 20 heavy (non-hydrogen) atoms. The van der Waals surface area contributed by atoms with Crippen LogP contribution in [0.4, 0.5) is 14.6 Å². The van der Waals surface area contributed by atoms with E-state index < -0.39 is 11.6 Å². The normalized spacial score (nSPS) is 9.85. The number of rotatable bonds is 5. The van der Waals surface area contributed by atoms with Crippen LogP contribution < -0.4 is 10.1 Å². The summed E-state index contributed by atoms with van der Waals surface area (Å²) < 4.78 is 31.1. The van der Waals surface area contributed by atoms with Crippen LogP contribution in [0.15, 0.2) is 30.6 Å². The fourth-order valence-corrected chi connectivity index (χ4v) is 1.47. The van der Waals surface area contributed by atoms with Crippen LogP contribution in [0.25, 0.3) is 0 Å². The van der Waals surface area contributed by atoms with Crippen LogP contribution in [-0.4, -0.2) is 23.1 Å².